The largest absolute Gasteiger partial charge is 0.297 e. The molecule has 0 spiro atoms. The fourth-order valence-electron chi connectivity index (χ4n) is 1.52. The Morgan fingerprint density at radius 1 is 1.48 bits per heavy atom. The van der Waals surface area contributed by atoms with Crippen LogP contribution in [-0.4, -0.2) is 21.9 Å². The Bertz CT molecular complexity index is 670. The highest BCUT2D eigenvalue weighted by molar-refractivity contribution is 9.10. The Kier molecular flexibility index (Phi) is 5.96. The molecule has 110 valence electrons. The maximum absolute atomic E-state index is 11.9. The van der Waals surface area contributed by atoms with Gasteiger partial charge in [0.25, 0.3) is 0 Å². The number of anilines is 1. The van der Waals surface area contributed by atoms with Crippen molar-refractivity contribution in [1.82, 2.24) is 10.2 Å². The third kappa shape index (κ3) is 4.94. The van der Waals surface area contributed by atoms with Gasteiger partial charge in [-0.15, -0.1) is 10.2 Å². The highest BCUT2D eigenvalue weighted by Gasteiger charge is 2.06. The smallest absolute Gasteiger partial charge is 0.250 e. The number of rotatable bonds is 5. The van der Waals surface area contributed by atoms with Crippen molar-refractivity contribution in [2.45, 2.75) is 18.2 Å². The van der Waals surface area contributed by atoms with E-state index in [0.29, 0.717) is 5.13 Å². The molecule has 0 bridgehead atoms. The summed E-state index contributed by atoms with van der Waals surface area (Å²) in [6, 6.07) is 5.97. The molecule has 1 aromatic carbocycles. The molecule has 1 amide bonds. The number of aryl methyl sites for hydroxylation is 1. The predicted molar refractivity (Wildman–Crippen MR) is 92.8 cm³/mol. The van der Waals surface area contributed by atoms with Gasteiger partial charge in [-0.25, -0.2) is 0 Å². The van der Waals surface area contributed by atoms with Gasteiger partial charge in [0.2, 0.25) is 11.0 Å². The molecule has 1 aromatic heterocycles. The first-order chi connectivity index (χ1) is 10.1. The van der Waals surface area contributed by atoms with Crippen LogP contribution in [0.15, 0.2) is 33.1 Å². The number of nitrogens with one attached hydrogen (secondary N) is 1. The molecule has 0 saturated heterocycles. The van der Waals surface area contributed by atoms with Gasteiger partial charge in [-0.05, 0) is 35.9 Å². The van der Waals surface area contributed by atoms with Crippen LogP contribution in [0.5, 0.6) is 0 Å². The van der Waals surface area contributed by atoms with E-state index in [1.165, 1.54) is 23.0 Å². The third-order valence-electron chi connectivity index (χ3n) is 2.47. The lowest BCUT2D eigenvalue weighted by molar-refractivity contribution is -0.111. The maximum Gasteiger partial charge on any atom is 0.250 e. The van der Waals surface area contributed by atoms with Gasteiger partial charge in [0.1, 0.15) is 0 Å². The van der Waals surface area contributed by atoms with E-state index in [4.69, 9.17) is 0 Å². The molecule has 0 aliphatic heterocycles. The van der Waals surface area contributed by atoms with Gasteiger partial charge >= 0.3 is 0 Å². The van der Waals surface area contributed by atoms with Crippen LogP contribution in [0.4, 0.5) is 5.13 Å². The van der Waals surface area contributed by atoms with E-state index in [0.717, 1.165) is 20.1 Å². The molecule has 2 aromatic rings. The van der Waals surface area contributed by atoms with E-state index < -0.39 is 0 Å². The topological polar surface area (TPSA) is 54.9 Å². The van der Waals surface area contributed by atoms with Crippen LogP contribution in [0.1, 0.15) is 18.1 Å². The molecule has 4 nitrogen and oxygen atoms in total. The van der Waals surface area contributed by atoms with Gasteiger partial charge in [-0.2, -0.15) is 0 Å². The summed E-state index contributed by atoms with van der Waals surface area (Å²) in [7, 11) is 0. The molecular formula is C14H14BrN3OS2. The monoisotopic (exact) mass is 383 g/mol. The van der Waals surface area contributed by atoms with Crippen molar-refractivity contribution in [2.75, 3.05) is 11.1 Å². The van der Waals surface area contributed by atoms with Crippen LogP contribution in [-0.2, 0) is 4.79 Å². The van der Waals surface area contributed by atoms with Gasteiger partial charge in [0.05, 0.1) is 0 Å². The number of halogens is 1. The molecule has 0 fully saturated rings. The van der Waals surface area contributed by atoms with Crippen molar-refractivity contribution < 1.29 is 4.79 Å². The number of thioether (sulfide) groups is 1. The molecule has 0 saturated carbocycles. The number of carbonyl (C=O) groups excluding carboxylic acids is 1. The fraction of sp³-hybridized carbons (Fsp3) is 0.214. The summed E-state index contributed by atoms with van der Waals surface area (Å²) in [5.74, 6) is 0.718. The van der Waals surface area contributed by atoms with Crippen LogP contribution >= 0.6 is 39.0 Å². The van der Waals surface area contributed by atoms with Crippen LogP contribution in [0, 0.1) is 6.92 Å². The van der Waals surface area contributed by atoms with E-state index in [9.17, 15) is 4.79 Å². The second kappa shape index (κ2) is 7.72. The van der Waals surface area contributed by atoms with E-state index in [1.54, 1.807) is 17.8 Å². The summed E-state index contributed by atoms with van der Waals surface area (Å²) < 4.78 is 1.82. The summed E-state index contributed by atoms with van der Waals surface area (Å²) in [6.45, 7) is 4.07. The fourth-order valence-corrected chi connectivity index (χ4v) is 3.80. The molecule has 0 atom stereocenters. The van der Waals surface area contributed by atoms with Gasteiger partial charge in [-0.3, -0.25) is 10.1 Å². The molecule has 21 heavy (non-hydrogen) atoms. The van der Waals surface area contributed by atoms with Crippen molar-refractivity contribution in [3.05, 3.63) is 39.9 Å². The van der Waals surface area contributed by atoms with Crippen LogP contribution < -0.4 is 5.32 Å². The van der Waals surface area contributed by atoms with Gasteiger partial charge in [0, 0.05) is 10.5 Å². The average Bonchev–Trinajstić information content (AvgIpc) is 2.85. The SMILES string of the molecule is CCSc1nnc(NC(=O)/C=C/c2ccc(C)cc2Br)s1. The minimum absolute atomic E-state index is 0.216. The minimum Gasteiger partial charge on any atom is -0.297 e. The minimum atomic E-state index is -0.216. The lowest BCUT2D eigenvalue weighted by Crippen LogP contribution is -2.07. The first-order valence-corrected chi connectivity index (χ1v) is 8.89. The lowest BCUT2D eigenvalue weighted by Gasteiger charge is -2.00. The van der Waals surface area contributed by atoms with E-state index >= 15 is 0 Å². The molecule has 7 heteroatoms. The Morgan fingerprint density at radius 2 is 2.29 bits per heavy atom. The molecular weight excluding hydrogens is 370 g/mol. The predicted octanol–water partition coefficient (Wildman–Crippen LogP) is 4.37. The summed E-state index contributed by atoms with van der Waals surface area (Å²) in [5.41, 5.74) is 2.12. The summed E-state index contributed by atoms with van der Waals surface area (Å²) in [5, 5.41) is 11.1. The number of hydrogen-bond acceptors (Lipinski definition) is 5. The average molecular weight is 384 g/mol. The maximum atomic E-state index is 11.9. The second-order valence-electron chi connectivity index (χ2n) is 4.15. The van der Waals surface area contributed by atoms with Gasteiger partial charge < -0.3 is 0 Å². The zero-order chi connectivity index (χ0) is 15.2. The van der Waals surface area contributed by atoms with Crippen LogP contribution in [0.3, 0.4) is 0 Å². The molecule has 0 aliphatic rings. The first kappa shape index (κ1) is 16.2. The summed E-state index contributed by atoms with van der Waals surface area (Å²) in [4.78, 5) is 11.9. The number of benzene rings is 1. The van der Waals surface area contributed by atoms with E-state index in [1.807, 2.05) is 32.0 Å². The summed E-state index contributed by atoms with van der Waals surface area (Å²) in [6.07, 6.45) is 3.26. The molecule has 1 heterocycles. The van der Waals surface area contributed by atoms with Crippen LogP contribution in [0.2, 0.25) is 0 Å². The van der Waals surface area contributed by atoms with Gasteiger partial charge in [0.15, 0.2) is 4.34 Å². The standard InChI is InChI=1S/C14H14BrN3OS2/c1-3-20-14-18-17-13(21-14)16-12(19)7-6-10-5-4-9(2)8-11(10)15/h4-8H,3H2,1-2H3,(H,16,17,19)/b7-6+. The number of nitrogens with zero attached hydrogens (tertiary/aromatic N) is 2. The number of carbonyl (C=O) groups is 1. The zero-order valence-corrected chi connectivity index (χ0v) is 14.8. The normalized spacial score (nSPS) is 11.0. The Balaban J connectivity index is 1.98. The van der Waals surface area contributed by atoms with Crippen LogP contribution in [0.25, 0.3) is 6.08 Å². The van der Waals surface area contributed by atoms with E-state index in [-0.39, 0.29) is 5.91 Å². The molecule has 0 unspecified atom stereocenters. The molecule has 0 radical (unpaired) electrons. The second-order valence-corrected chi connectivity index (χ2v) is 7.50. The van der Waals surface area contributed by atoms with E-state index in [2.05, 4.69) is 31.4 Å². The van der Waals surface area contributed by atoms with Gasteiger partial charge in [-0.1, -0.05) is 58.1 Å². The number of amides is 1. The summed E-state index contributed by atoms with van der Waals surface area (Å²) >= 11 is 6.46. The first-order valence-electron chi connectivity index (χ1n) is 6.30. The third-order valence-corrected chi connectivity index (χ3v) is 5.02. The number of hydrogen-bond donors (Lipinski definition) is 1. The van der Waals surface area contributed by atoms with Crippen molar-refractivity contribution >= 4 is 56.1 Å². The Hall–Kier alpha value is -1.18. The molecule has 2 rings (SSSR count). The van der Waals surface area contributed by atoms with Crippen molar-refractivity contribution in [1.29, 1.82) is 0 Å². The highest BCUT2D eigenvalue weighted by atomic mass is 79.9. The zero-order valence-electron chi connectivity index (χ0n) is 11.6. The highest BCUT2D eigenvalue weighted by Crippen LogP contribution is 2.25. The quantitative estimate of drug-likeness (QED) is 0.473. The van der Waals surface area contributed by atoms with Crippen molar-refractivity contribution in [2.24, 2.45) is 0 Å². The lowest BCUT2D eigenvalue weighted by atomic mass is 10.1. The molecule has 1 N–H and O–H groups in total. The number of aromatic nitrogens is 2. The Morgan fingerprint density at radius 3 is 3.00 bits per heavy atom. The Labute approximate surface area is 140 Å². The van der Waals surface area contributed by atoms with Crippen molar-refractivity contribution in [3.8, 4) is 0 Å². The molecule has 0 aliphatic carbocycles. The van der Waals surface area contributed by atoms with Crippen molar-refractivity contribution in [3.63, 3.8) is 0 Å².